The van der Waals surface area contributed by atoms with Crippen LogP contribution < -0.4 is 0 Å². The Balaban J connectivity index is 4.83. The Hall–Kier alpha value is -1.53. The Bertz CT molecular complexity index is 362. The molecule has 0 aromatic rings. The number of nitrogens with zero attached hydrogens (tertiary/aromatic N) is 2. The minimum absolute atomic E-state index is 0.230. The molecule has 0 fully saturated rings. The van der Waals surface area contributed by atoms with Crippen molar-refractivity contribution in [3.05, 3.63) is 28.4 Å². The van der Waals surface area contributed by atoms with E-state index in [0.29, 0.717) is 12.4 Å². The molecule has 6 heteroatoms. The van der Waals surface area contributed by atoms with Crippen molar-refractivity contribution in [3.63, 3.8) is 0 Å². The highest BCUT2D eigenvalue weighted by Gasteiger charge is 2.12. The first-order valence-electron chi connectivity index (χ1n) is 5.98. The second kappa shape index (κ2) is 9.41. The van der Waals surface area contributed by atoms with E-state index in [1.807, 2.05) is 25.9 Å². The summed E-state index contributed by atoms with van der Waals surface area (Å²) < 4.78 is 10.9. The number of likely N-dealkylation sites (N-methyl/N-ethyl adjacent to an activating group) is 1. The van der Waals surface area contributed by atoms with Gasteiger partial charge in [0.2, 0.25) is 0 Å². The van der Waals surface area contributed by atoms with Crippen molar-refractivity contribution in [1.82, 2.24) is 4.90 Å². The fourth-order valence-corrected chi connectivity index (χ4v) is 1.31. The number of allylic oxidation sites excluding steroid dienone is 2. The Morgan fingerprint density at radius 1 is 1.37 bits per heavy atom. The third-order valence-corrected chi connectivity index (χ3v) is 2.47. The van der Waals surface area contributed by atoms with Crippen molar-refractivity contribution in [1.29, 1.82) is 0 Å². The van der Waals surface area contributed by atoms with Gasteiger partial charge in [-0.05, 0) is 33.5 Å². The molecule has 0 aliphatic heterocycles. The maximum absolute atomic E-state index is 10.8. The van der Waals surface area contributed by atoms with E-state index in [-0.39, 0.29) is 6.10 Å². The normalized spacial score (nSPS) is 14.4. The van der Waals surface area contributed by atoms with Crippen LogP contribution in [0.4, 0.5) is 0 Å². The van der Waals surface area contributed by atoms with Crippen LogP contribution in [-0.2, 0) is 14.3 Å². The van der Waals surface area contributed by atoms with Crippen molar-refractivity contribution in [2.24, 2.45) is 5.18 Å². The number of amides is 1. The second-order valence-electron chi connectivity index (χ2n) is 4.34. The first-order chi connectivity index (χ1) is 8.92. The van der Waals surface area contributed by atoms with Crippen LogP contribution >= 0.6 is 0 Å². The molecule has 0 aliphatic carbocycles. The van der Waals surface area contributed by atoms with Gasteiger partial charge in [0.05, 0.1) is 0 Å². The second-order valence-corrected chi connectivity index (χ2v) is 4.34. The number of ether oxygens (including phenoxy) is 2. The Labute approximate surface area is 114 Å². The Morgan fingerprint density at radius 3 is 2.47 bits per heavy atom. The van der Waals surface area contributed by atoms with E-state index in [1.54, 1.807) is 14.0 Å². The number of carbonyl (C=O) groups excluding carboxylic acids is 1. The van der Waals surface area contributed by atoms with Gasteiger partial charge in [0.1, 0.15) is 18.5 Å². The van der Waals surface area contributed by atoms with E-state index in [2.05, 4.69) is 5.18 Å². The topological polar surface area (TPSA) is 68.2 Å². The maximum atomic E-state index is 10.8. The third kappa shape index (κ3) is 7.48. The summed E-state index contributed by atoms with van der Waals surface area (Å²) in [5.74, 6) is -0.184. The fraction of sp³-hybridized carbons (Fsp3) is 0.615. The number of carbonyl (C=O) groups is 1. The van der Waals surface area contributed by atoms with Gasteiger partial charge in [0, 0.05) is 24.9 Å². The molecule has 0 rings (SSSR count). The van der Waals surface area contributed by atoms with Crippen LogP contribution in [0, 0.1) is 4.91 Å². The van der Waals surface area contributed by atoms with Crippen LogP contribution in [0.5, 0.6) is 0 Å². The maximum Gasteiger partial charge on any atom is 0.309 e. The molecule has 0 spiro atoms. The molecule has 6 nitrogen and oxygen atoms in total. The van der Waals surface area contributed by atoms with Crippen LogP contribution in [0.15, 0.2) is 28.7 Å². The van der Waals surface area contributed by atoms with Crippen LogP contribution in [0.3, 0.4) is 0 Å². The molecule has 0 aromatic carbocycles. The predicted octanol–water partition coefficient (Wildman–Crippen LogP) is 1.72. The van der Waals surface area contributed by atoms with E-state index < -0.39 is 5.91 Å². The highest BCUT2D eigenvalue weighted by Crippen LogP contribution is 2.14. The van der Waals surface area contributed by atoms with Gasteiger partial charge in [-0.2, -0.15) is 0 Å². The number of rotatable bonds is 8. The van der Waals surface area contributed by atoms with Crippen LogP contribution in [0.25, 0.3) is 0 Å². The summed E-state index contributed by atoms with van der Waals surface area (Å²) in [5.41, 5.74) is 0.727. The van der Waals surface area contributed by atoms with E-state index in [1.165, 1.54) is 6.08 Å². The van der Waals surface area contributed by atoms with Gasteiger partial charge < -0.3 is 14.4 Å². The van der Waals surface area contributed by atoms with E-state index in [0.717, 1.165) is 18.2 Å². The van der Waals surface area contributed by atoms with Gasteiger partial charge in [0.15, 0.2) is 0 Å². The summed E-state index contributed by atoms with van der Waals surface area (Å²) in [6.45, 7) is 4.92. The average molecular weight is 270 g/mol. The molecule has 0 aromatic heterocycles. The molecule has 19 heavy (non-hydrogen) atoms. The minimum Gasteiger partial charge on any atom is -0.494 e. The molecule has 1 unspecified atom stereocenters. The molecule has 1 atom stereocenters. The molecule has 0 saturated carbocycles. The summed E-state index contributed by atoms with van der Waals surface area (Å²) in [4.78, 5) is 22.8. The first kappa shape index (κ1) is 17.5. The molecule has 0 radical (unpaired) electrons. The van der Waals surface area contributed by atoms with Crippen molar-refractivity contribution in [3.8, 4) is 0 Å². The highest BCUT2D eigenvalue weighted by molar-refractivity contribution is 5.88. The lowest BCUT2D eigenvalue weighted by atomic mass is 10.1. The van der Waals surface area contributed by atoms with Crippen molar-refractivity contribution < 1.29 is 14.3 Å². The van der Waals surface area contributed by atoms with Gasteiger partial charge in [-0.15, -0.1) is 4.91 Å². The standard InChI is InChI=1S/C13H22N2O4/c1-10(6-7-12(16)14-17)13(11(2)18-5)19-9-8-15(3)4/h6-7,11H,8-9H2,1-5H3/b7-6+,13-10-. The van der Waals surface area contributed by atoms with Crippen molar-refractivity contribution >= 4 is 5.91 Å². The quantitative estimate of drug-likeness (QED) is 0.291. The van der Waals surface area contributed by atoms with E-state index in [4.69, 9.17) is 9.47 Å². The van der Waals surface area contributed by atoms with Crippen LogP contribution in [0.1, 0.15) is 13.8 Å². The molecule has 1 amide bonds. The Kier molecular flexibility index (Phi) is 8.65. The molecular formula is C13H22N2O4. The lowest BCUT2D eigenvalue weighted by Crippen LogP contribution is -2.21. The van der Waals surface area contributed by atoms with Gasteiger partial charge >= 0.3 is 5.91 Å². The third-order valence-electron chi connectivity index (χ3n) is 2.47. The molecule has 0 aliphatic rings. The van der Waals surface area contributed by atoms with E-state index >= 15 is 0 Å². The monoisotopic (exact) mass is 270 g/mol. The minimum atomic E-state index is -0.822. The lowest BCUT2D eigenvalue weighted by molar-refractivity contribution is -0.113. The summed E-state index contributed by atoms with van der Waals surface area (Å²) in [7, 11) is 5.48. The molecule has 0 bridgehead atoms. The van der Waals surface area contributed by atoms with Gasteiger partial charge in [-0.3, -0.25) is 4.79 Å². The number of hydrogen-bond donors (Lipinski definition) is 0. The van der Waals surface area contributed by atoms with Crippen molar-refractivity contribution in [2.45, 2.75) is 20.0 Å². The first-order valence-corrected chi connectivity index (χ1v) is 5.98. The number of methoxy groups -OCH3 is 1. The fourth-order valence-electron chi connectivity index (χ4n) is 1.31. The summed E-state index contributed by atoms with van der Waals surface area (Å²) >= 11 is 0. The molecule has 0 saturated heterocycles. The van der Waals surface area contributed by atoms with Crippen molar-refractivity contribution in [2.75, 3.05) is 34.4 Å². The predicted molar refractivity (Wildman–Crippen MR) is 73.6 cm³/mol. The molecule has 108 valence electrons. The highest BCUT2D eigenvalue weighted by atomic mass is 16.5. The number of nitroso groups, excluding NO2 is 1. The van der Waals surface area contributed by atoms with Gasteiger partial charge in [0.25, 0.3) is 0 Å². The summed E-state index contributed by atoms with van der Waals surface area (Å²) in [6, 6.07) is 0. The van der Waals surface area contributed by atoms with Crippen LogP contribution in [0.2, 0.25) is 0 Å². The smallest absolute Gasteiger partial charge is 0.309 e. The number of hydrogen-bond acceptors (Lipinski definition) is 5. The zero-order chi connectivity index (χ0) is 14.8. The van der Waals surface area contributed by atoms with Gasteiger partial charge in [-0.25, -0.2) is 0 Å². The van der Waals surface area contributed by atoms with Crippen LogP contribution in [-0.4, -0.2) is 51.3 Å². The summed E-state index contributed by atoms with van der Waals surface area (Å²) in [6.07, 6.45) is 2.38. The Morgan fingerprint density at radius 2 is 2.00 bits per heavy atom. The molecule has 0 N–H and O–H groups in total. The zero-order valence-electron chi connectivity index (χ0n) is 12.2. The summed E-state index contributed by atoms with van der Waals surface area (Å²) in [5, 5.41) is 2.29. The average Bonchev–Trinajstić information content (AvgIpc) is 2.39. The largest absolute Gasteiger partial charge is 0.494 e. The lowest BCUT2D eigenvalue weighted by Gasteiger charge is -2.19. The zero-order valence-corrected chi connectivity index (χ0v) is 12.2. The molecular weight excluding hydrogens is 248 g/mol. The van der Waals surface area contributed by atoms with E-state index in [9.17, 15) is 9.70 Å². The SMILES string of the molecule is COC(C)/C(OCCN(C)C)=C(C)/C=C/C(=O)N=O. The van der Waals surface area contributed by atoms with Gasteiger partial charge in [-0.1, -0.05) is 6.08 Å². The molecule has 0 heterocycles.